The summed E-state index contributed by atoms with van der Waals surface area (Å²) in [6.45, 7) is 9.63. The molecule has 0 aliphatic carbocycles. The summed E-state index contributed by atoms with van der Waals surface area (Å²) in [6.07, 6.45) is 2.03. The summed E-state index contributed by atoms with van der Waals surface area (Å²) >= 11 is 0. The number of Topliss-reactive ketones (excluding diaryl/α,β-unsaturated/α-hetero) is 1. The van der Waals surface area contributed by atoms with Crippen LogP contribution < -0.4 is 5.46 Å². The van der Waals surface area contributed by atoms with E-state index >= 15 is 0 Å². The summed E-state index contributed by atoms with van der Waals surface area (Å²) in [5.41, 5.74) is 0.938. The summed E-state index contributed by atoms with van der Waals surface area (Å²) in [6, 6.07) is 3.75. The number of nitrogens with zero attached hydrogens (tertiary/aromatic N) is 1. The van der Waals surface area contributed by atoms with Gasteiger partial charge in [0.1, 0.15) is 5.78 Å². The second-order valence-electron chi connectivity index (χ2n) is 6.05. The number of ketones is 1. The van der Waals surface area contributed by atoms with E-state index in [-0.39, 0.29) is 17.0 Å². The molecule has 0 atom stereocenters. The third-order valence-corrected chi connectivity index (χ3v) is 3.80. The van der Waals surface area contributed by atoms with Gasteiger partial charge >= 0.3 is 7.12 Å². The molecule has 1 saturated heterocycles. The van der Waals surface area contributed by atoms with Crippen molar-refractivity contribution in [2.45, 2.75) is 52.2 Å². The van der Waals surface area contributed by atoms with Crippen molar-refractivity contribution in [1.82, 2.24) is 4.98 Å². The Labute approximate surface area is 114 Å². The Morgan fingerprint density at radius 2 is 1.84 bits per heavy atom. The summed E-state index contributed by atoms with van der Waals surface area (Å²) < 4.78 is 12.0. The zero-order chi connectivity index (χ0) is 14.3. The molecule has 19 heavy (non-hydrogen) atoms. The van der Waals surface area contributed by atoms with Crippen LogP contribution in [0, 0.1) is 0 Å². The molecule has 5 heteroatoms. The Bertz CT molecular complexity index is 483. The van der Waals surface area contributed by atoms with Crippen molar-refractivity contribution in [3.63, 3.8) is 0 Å². The average Bonchev–Trinajstić information content (AvgIpc) is 2.47. The van der Waals surface area contributed by atoms with Crippen LogP contribution in [0.2, 0.25) is 0 Å². The molecule has 4 nitrogen and oxygen atoms in total. The first-order chi connectivity index (χ1) is 8.71. The highest BCUT2D eigenvalue weighted by atomic mass is 16.7. The van der Waals surface area contributed by atoms with Gasteiger partial charge < -0.3 is 9.31 Å². The Balaban J connectivity index is 2.22. The predicted molar refractivity (Wildman–Crippen MR) is 74.3 cm³/mol. The second-order valence-corrected chi connectivity index (χ2v) is 6.05. The van der Waals surface area contributed by atoms with E-state index in [4.69, 9.17) is 9.31 Å². The smallest absolute Gasteiger partial charge is 0.399 e. The zero-order valence-corrected chi connectivity index (χ0v) is 12.2. The monoisotopic (exact) mass is 261 g/mol. The van der Waals surface area contributed by atoms with Crippen LogP contribution in [-0.4, -0.2) is 29.1 Å². The highest BCUT2D eigenvalue weighted by molar-refractivity contribution is 6.62. The molecule has 1 aromatic heterocycles. The van der Waals surface area contributed by atoms with E-state index in [1.165, 1.54) is 0 Å². The SMILES string of the molecule is CC(=O)Cc1cc(B2OC(C)(C)C(C)(C)O2)ccn1. The minimum Gasteiger partial charge on any atom is -0.399 e. The van der Waals surface area contributed by atoms with Gasteiger partial charge in [-0.25, -0.2) is 0 Å². The molecule has 1 aliphatic heterocycles. The number of hydrogen-bond donors (Lipinski definition) is 0. The van der Waals surface area contributed by atoms with E-state index in [9.17, 15) is 4.79 Å². The fourth-order valence-electron chi connectivity index (χ4n) is 1.97. The number of aromatic nitrogens is 1. The molecule has 0 spiro atoms. The molecule has 0 bridgehead atoms. The van der Waals surface area contributed by atoms with Gasteiger partial charge in [0.15, 0.2) is 0 Å². The van der Waals surface area contributed by atoms with Crippen molar-refractivity contribution in [3.8, 4) is 0 Å². The van der Waals surface area contributed by atoms with E-state index in [0.717, 1.165) is 11.2 Å². The minimum atomic E-state index is -0.404. The molecule has 1 aliphatic rings. The molecule has 0 N–H and O–H groups in total. The van der Waals surface area contributed by atoms with Gasteiger partial charge in [0.2, 0.25) is 0 Å². The Hall–Kier alpha value is -1.20. The third-order valence-electron chi connectivity index (χ3n) is 3.80. The summed E-state index contributed by atoms with van der Waals surface area (Å²) in [5, 5.41) is 0. The molecule has 1 fully saturated rings. The summed E-state index contributed by atoms with van der Waals surface area (Å²) in [5.74, 6) is 0.0959. The van der Waals surface area contributed by atoms with Crippen molar-refractivity contribution in [1.29, 1.82) is 0 Å². The largest absolute Gasteiger partial charge is 0.494 e. The van der Waals surface area contributed by atoms with E-state index in [1.54, 1.807) is 13.1 Å². The van der Waals surface area contributed by atoms with Gasteiger partial charge in [-0.15, -0.1) is 0 Å². The van der Waals surface area contributed by atoms with Crippen LogP contribution in [0.15, 0.2) is 18.3 Å². The third kappa shape index (κ3) is 2.87. The quantitative estimate of drug-likeness (QED) is 0.774. The first kappa shape index (κ1) is 14.2. The lowest BCUT2D eigenvalue weighted by atomic mass is 9.79. The van der Waals surface area contributed by atoms with Crippen LogP contribution in [0.25, 0.3) is 0 Å². The van der Waals surface area contributed by atoms with Gasteiger partial charge in [-0.05, 0) is 52.2 Å². The van der Waals surface area contributed by atoms with E-state index in [1.807, 2.05) is 39.8 Å². The number of carbonyl (C=O) groups excluding carboxylic acids is 1. The fraction of sp³-hybridized carbons (Fsp3) is 0.571. The van der Waals surface area contributed by atoms with Crippen molar-refractivity contribution in [3.05, 3.63) is 24.0 Å². The lowest BCUT2D eigenvalue weighted by Gasteiger charge is -2.32. The molecule has 102 valence electrons. The summed E-state index contributed by atoms with van der Waals surface area (Å²) in [7, 11) is -0.404. The normalized spacial score (nSPS) is 20.6. The first-order valence-corrected chi connectivity index (χ1v) is 6.51. The lowest BCUT2D eigenvalue weighted by molar-refractivity contribution is -0.116. The van der Waals surface area contributed by atoms with Crippen LogP contribution in [0.4, 0.5) is 0 Å². The first-order valence-electron chi connectivity index (χ1n) is 6.51. The molecule has 0 saturated carbocycles. The zero-order valence-electron chi connectivity index (χ0n) is 12.2. The topological polar surface area (TPSA) is 48.4 Å². The Kier molecular flexibility index (Phi) is 3.54. The van der Waals surface area contributed by atoms with Gasteiger partial charge in [0, 0.05) is 18.3 Å². The molecular weight excluding hydrogens is 241 g/mol. The molecular formula is C14H20BNO3. The molecule has 0 amide bonds. The van der Waals surface area contributed by atoms with Crippen LogP contribution in [-0.2, 0) is 20.5 Å². The number of pyridine rings is 1. The van der Waals surface area contributed by atoms with E-state index in [0.29, 0.717) is 6.42 Å². The van der Waals surface area contributed by atoms with Gasteiger partial charge in [0.05, 0.1) is 11.2 Å². The number of carbonyl (C=O) groups is 1. The maximum Gasteiger partial charge on any atom is 0.494 e. The standard InChI is InChI=1S/C14H20BNO3/c1-10(17)8-12-9-11(6-7-16-12)15-18-13(2,3)14(4,5)19-15/h6-7,9H,8H2,1-5H3. The average molecular weight is 261 g/mol. The van der Waals surface area contributed by atoms with Gasteiger partial charge in [-0.1, -0.05) is 0 Å². The molecule has 0 radical (unpaired) electrons. The van der Waals surface area contributed by atoms with Crippen LogP contribution in [0.3, 0.4) is 0 Å². The van der Waals surface area contributed by atoms with Crippen molar-refractivity contribution in [2.24, 2.45) is 0 Å². The second kappa shape index (κ2) is 4.73. The van der Waals surface area contributed by atoms with Crippen LogP contribution in [0.5, 0.6) is 0 Å². The van der Waals surface area contributed by atoms with Gasteiger partial charge in [-0.2, -0.15) is 0 Å². The minimum absolute atomic E-state index is 0.0959. The van der Waals surface area contributed by atoms with Crippen LogP contribution >= 0.6 is 0 Å². The van der Waals surface area contributed by atoms with Crippen molar-refractivity contribution < 1.29 is 14.1 Å². The Morgan fingerprint density at radius 1 is 1.26 bits per heavy atom. The van der Waals surface area contributed by atoms with Gasteiger partial charge in [0.25, 0.3) is 0 Å². The molecule has 1 aromatic rings. The molecule has 0 unspecified atom stereocenters. The summed E-state index contributed by atoms with van der Waals surface area (Å²) in [4.78, 5) is 15.3. The van der Waals surface area contributed by atoms with Crippen molar-refractivity contribution >= 4 is 18.4 Å². The van der Waals surface area contributed by atoms with E-state index < -0.39 is 7.12 Å². The highest BCUT2D eigenvalue weighted by Crippen LogP contribution is 2.36. The predicted octanol–water partition coefficient (Wildman–Crippen LogP) is 1.51. The number of rotatable bonds is 3. The van der Waals surface area contributed by atoms with Crippen molar-refractivity contribution in [2.75, 3.05) is 0 Å². The number of hydrogen-bond acceptors (Lipinski definition) is 4. The van der Waals surface area contributed by atoms with Gasteiger partial charge in [-0.3, -0.25) is 9.78 Å². The fourth-order valence-corrected chi connectivity index (χ4v) is 1.97. The highest BCUT2D eigenvalue weighted by Gasteiger charge is 2.51. The molecule has 2 rings (SSSR count). The molecule has 0 aromatic carbocycles. The van der Waals surface area contributed by atoms with E-state index in [2.05, 4.69) is 4.98 Å². The maximum atomic E-state index is 11.1. The lowest BCUT2D eigenvalue weighted by Crippen LogP contribution is -2.41. The maximum absolute atomic E-state index is 11.1. The Morgan fingerprint density at radius 3 is 2.37 bits per heavy atom. The molecule has 2 heterocycles. The van der Waals surface area contributed by atoms with Crippen LogP contribution in [0.1, 0.15) is 40.3 Å².